The predicted molar refractivity (Wildman–Crippen MR) is 84.5 cm³/mol. The largest absolute Gasteiger partial charge is 0.379 e. The van der Waals surface area contributed by atoms with Crippen molar-refractivity contribution in [3.63, 3.8) is 0 Å². The van der Waals surface area contributed by atoms with Crippen LogP contribution in [0, 0.1) is 0 Å². The standard InChI is InChI=1S/C15H20Cl2N2O2/c1-10(2)19(14(20)15(18)5-6-21-9-15)8-11-3-4-12(16)13(17)7-11/h3-4,7,10H,5-6,8-9,18H2,1-2H3. The minimum atomic E-state index is -0.916. The number of carbonyl (C=O) groups is 1. The number of rotatable bonds is 4. The van der Waals surface area contributed by atoms with Gasteiger partial charge in [0.25, 0.3) is 0 Å². The van der Waals surface area contributed by atoms with Crippen LogP contribution in [0.1, 0.15) is 25.8 Å². The van der Waals surface area contributed by atoms with E-state index in [0.717, 1.165) is 5.56 Å². The molecule has 1 aliphatic heterocycles. The summed E-state index contributed by atoms with van der Waals surface area (Å²) in [5, 5.41) is 0.985. The van der Waals surface area contributed by atoms with Gasteiger partial charge in [-0.15, -0.1) is 0 Å². The summed E-state index contributed by atoms with van der Waals surface area (Å²) in [6.07, 6.45) is 0.552. The zero-order valence-corrected chi connectivity index (χ0v) is 13.7. The van der Waals surface area contributed by atoms with Crippen LogP contribution in [-0.2, 0) is 16.1 Å². The lowest BCUT2D eigenvalue weighted by atomic mass is 9.97. The first-order chi connectivity index (χ1) is 9.83. The minimum Gasteiger partial charge on any atom is -0.379 e. The third-order valence-corrected chi connectivity index (χ3v) is 4.44. The molecule has 1 aliphatic rings. The molecule has 1 aromatic rings. The highest BCUT2D eigenvalue weighted by atomic mass is 35.5. The Labute approximate surface area is 135 Å². The molecule has 0 saturated carbocycles. The van der Waals surface area contributed by atoms with Crippen LogP contribution in [0.15, 0.2) is 18.2 Å². The molecule has 0 radical (unpaired) electrons. The van der Waals surface area contributed by atoms with Crippen molar-refractivity contribution in [3.8, 4) is 0 Å². The second-order valence-electron chi connectivity index (χ2n) is 5.73. The summed E-state index contributed by atoms with van der Waals surface area (Å²) in [5.74, 6) is -0.0823. The van der Waals surface area contributed by atoms with Gasteiger partial charge in [0.15, 0.2) is 0 Å². The SMILES string of the molecule is CC(C)N(Cc1ccc(Cl)c(Cl)c1)C(=O)C1(N)CCOC1. The molecule has 6 heteroatoms. The summed E-state index contributed by atoms with van der Waals surface area (Å²) in [6, 6.07) is 5.42. The Morgan fingerprint density at radius 2 is 2.14 bits per heavy atom. The Kier molecular flexibility index (Phi) is 5.15. The van der Waals surface area contributed by atoms with Gasteiger partial charge in [-0.25, -0.2) is 0 Å². The van der Waals surface area contributed by atoms with E-state index in [2.05, 4.69) is 0 Å². The molecule has 1 unspecified atom stereocenters. The zero-order chi connectivity index (χ0) is 15.6. The van der Waals surface area contributed by atoms with E-state index in [1.807, 2.05) is 19.9 Å². The molecule has 1 amide bonds. The number of amides is 1. The quantitative estimate of drug-likeness (QED) is 0.923. The molecule has 116 valence electrons. The predicted octanol–water partition coefficient (Wildman–Crippen LogP) is 2.85. The van der Waals surface area contributed by atoms with Crippen LogP contribution >= 0.6 is 23.2 Å². The van der Waals surface area contributed by atoms with Crippen molar-refractivity contribution in [3.05, 3.63) is 33.8 Å². The number of hydrogen-bond donors (Lipinski definition) is 1. The second-order valence-corrected chi connectivity index (χ2v) is 6.55. The molecule has 1 saturated heterocycles. The average Bonchev–Trinajstić information content (AvgIpc) is 2.87. The molecular formula is C15H20Cl2N2O2. The van der Waals surface area contributed by atoms with E-state index in [9.17, 15) is 4.79 Å². The Bertz CT molecular complexity index is 528. The lowest BCUT2D eigenvalue weighted by Gasteiger charge is -2.33. The molecular weight excluding hydrogens is 311 g/mol. The summed E-state index contributed by atoms with van der Waals surface area (Å²) >= 11 is 11.9. The van der Waals surface area contributed by atoms with Crippen LogP contribution in [-0.4, -0.2) is 35.6 Å². The highest BCUT2D eigenvalue weighted by molar-refractivity contribution is 6.42. The van der Waals surface area contributed by atoms with Crippen molar-refractivity contribution in [1.29, 1.82) is 0 Å². The van der Waals surface area contributed by atoms with Crippen molar-refractivity contribution in [1.82, 2.24) is 4.90 Å². The number of benzene rings is 1. The molecule has 1 fully saturated rings. The van der Waals surface area contributed by atoms with Crippen LogP contribution in [0.2, 0.25) is 10.0 Å². The summed E-state index contributed by atoms with van der Waals surface area (Å²) in [5.41, 5.74) is 6.19. The molecule has 21 heavy (non-hydrogen) atoms. The second kappa shape index (κ2) is 6.53. The van der Waals surface area contributed by atoms with Crippen molar-refractivity contribution in [2.24, 2.45) is 5.73 Å². The van der Waals surface area contributed by atoms with Crippen LogP contribution in [0.25, 0.3) is 0 Å². The van der Waals surface area contributed by atoms with Gasteiger partial charge in [-0.1, -0.05) is 29.3 Å². The fourth-order valence-electron chi connectivity index (χ4n) is 2.36. The number of ether oxygens (including phenoxy) is 1. The third-order valence-electron chi connectivity index (χ3n) is 3.70. The highest BCUT2D eigenvalue weighted by Gasteiger charge is 2.41. The van der Waals surface area contributed by atoms with Crippen LogP contribution < -0.4 is 5.73 Å². The van der Waals surface area contributed by atoms with Crippen LogP contribution in [0.4, 0.5) is 0 Å². The number of hydrogen-bond acceptors (Lipinski definition) is 3. The average molecular weight is 331 g/mol. The van der Waals surface area contributed by atoms with Crippen molar-refractivity contribution < 1.29 is 9.53 Å². The number of halogens is 2. The van der Waals surface area contributed by atoms with Crippen LogP contribution in [0.5, 0.6) is 0 Å². The summed E-state index contributed by atoms with van der Waals surface area (Å²) in [4.78, 5) is 14.5. The van der Waals surface area contributed by atoms with E-state index >= 15 is 0 Å². The van der Waals surface area contributed by atoms with Gasteiger partial charge in [-0.05, 0) is 38.0 Å². The van der Waals surface area contributed by atoms with E-state index in [1.54, 1.807) is 17.0 Å². The fraction of sp³-hybridized carbons (Fsp3) is 0.533. The maximum absolute atomic E-state index is 12.7. The highest BCUT2D eigenvalue weighted by Crippen LogP contribution is 2.25. The monoisotopic (exact) mass is 330 g/mol. The van der Waals surface area contributed by atoms with E-state index in [1.165, 1.54) is 0 Å². The fourth-order valence-corrected chi connectivity index (χ4v) is 2.68. The van der Waals surface area contributed by atoms with E-state index in [-0.39, 0.29) is 18.6 Å². The minimum absolute atomic E-state index is 0.0352. The topological polar surface area (TPSA) is 55.6 Å². The molecule has 1 atom stereocenters. The van der Waals surface area contributed by atoms with E-state index in [4.69, 9.17) is 33.7 Å². The van der Waals surface area contributed by atoms with Gasteiger partial charge in [-0.3, -0.25) is 4.79 Å². The van der Waals surface area contributed by atoms with Gasteiger partial charge < -0.3 is 15.4 Å². The Hall–Kier alpha value is -0.810. The maximum Gasteiger partial charge on any atom is 0.245 e. The molecule has 2 N–H and O–H groups in total. The van der Waals surface area contributed by atoms with Crippen molar-refractivity contribution in [2.75, 3.05) is 13.2 Å². The molecule has 1 heterocycles. The Balaban J connectivity index is 2.19. The smallest absolute Gasteiger partial charge is 0.245 e. The molecule has 0 bridgehead atoms. The Morgan fingerprint density at radius 3 is 2.67 bits per heavy atom. The lowest BCUT2D eigenvalue weighted by molar-refractivity contribution is -0.139. The van der Waals surface area contributed by atoms with Gasteiger partial charge in [0.05, 0.1) is 16.7 Å². The van der Waals surface area contributed by atoms with Gasteiger partial charge in [0, 0.05) is 19.2 Å². The van der Waals surface area contributed by atoms with E-state index in [0.29, 0.717) is 29.6 Å². The maximum atomic E-state index is 12.7. The molecule has 0 aromatic heterocycles. The lowest BCUT2D eigenvalue weighted by Crippen LogP contribution is -2.57. The normalized spacial score (nSPS) is 21.8. The van der Waals surface area contributed by atoms with Gasteiger partial charge in [0.2, 0.25) is 5.91 Å². The first-order valence-corrected chi connectivity index (χ1v) is 7.71. The molecule has 4 nitrogen and oxygen atoms in total. The summed E-state index contributed by atoms with van der Waals surface area (Å²) in [7, 11) is 0. The number of nitrogens with zero attached hydrogens (tertiary/aromatic N) is 1. The summed E-state index contributed by atoms with van der Waals surface area (Å²) < 4.78 is 5.29. The number of nitrogens with two attached hydrogens (primary N) is 1. The first kappa shape index (κ1) is 16.6. The third kappa shape index (κ3) is 3.69. The van der Waals surface area contributed by atoms with Crippen molar-refractivity contribution in [2.45, 2.75) is 38.4 Å². The van der Waals surface area contributed by atoms with Crippen LogP contribution in [0.3, 0.4) is 0 Å². The molecule has 0 aliphatic carbocycles. The van der Waals surface area contributed by atoms with Crippen molar-refractivity contribution >= 4 is 29.1 Å². The van der Waals surface area contributed by atoms with E-state index < -0.39 is 5.54 Å². The Morgan fingerprint density at radius 1 is 1.43 bits per heavy atom. The molecule has 2 rings (SSSR count). The summed E-state index contributed by atoms with van der Waals surface area (Å²) in [6.45, 7) is 5.19. The zero-order valence-electron chi connectivity index (χ0n) is 12.2. The van der Waals surface area contributed by atoms with Gasteiger partial charge in [0.1, 0.15) is 5.54 Å². The molecule has 1 aromatic carbocycles. The first-order valence-electron chi connectivity index (χ1n) is 6.95. The molecule has 0 spiro atoms. The van der Waals surface area contributed by atoms with Gasteiger partial charge >= 0.3 is 0 Å². The van der Waals surface area contributed by atoms with Gasteiger partial charge in [-0.2, -0.15) is 0 Å². The number of carbonyl (C=O) groups excluding carboxylic acids is 1.